The molecule has 1 atom stereocenters. The summed E-state index contributed by atoms with van der Waals surface area (Å²) in [6, 6.07) is 4.78. The van der Waals surface area contributed by atoms with Crippen LogP contribution in [-0.2, 0) is 4.74 Å². The lowest BCUT2D eigenvalue weighted by Gasteiger charge is -2.45. The molecular formula is C12H17FN2O. The third kappa shape index (κ3) is 1.73. The van der Waals surface area contributed by atoms with Gasteiger partial charge in [0.05, 0.1) is 13.2 Å². The van der Waals surface area contributed by atoms with E-state index < -0.39 is 0 Å². The SMILES string of the molecule is Cc1cc(C(N)C2(CN)COC2)ccc1F. The van der Waals surface area contributed by atoms with Gasteiger partial charge in [0.1, 0.15) is 5.82 Å². The quantitative estimate of drug-likeness (QED) is 0.808. The van der Waals surface area contributed by atoms with E-state index in [4.69, 9.17) is 16.2 Å². The van der Waals surface area contributed by atoms with E-state index >= 15 is 0 Å². The van der Waals surface area contributed by atoms with E-state index in [2.05, 4.69) is 0 Å². The molecule has 1 saturated heterocycles. The highest BCUT2D eigenvalue weighted by molar-refractivity contribution is 5.28. The van der Waals surface area contributed by atoms with Gasteiger partial charge in [-0.2, -0.15) is 0 Å². The van der Waals surface area contributed by atoms with Crippen molar-refractivity contribution in [1.29, 1.82) is 0 Å². The zero-order valence-electron chi connectivity index (χ0n) is 9.37. The second-order valence-corrected chi connectivity index (χ2v) is 4.55. The fourth-order valence-corrected chi connectivity index (χ4v) is 2.00. The molecule has 2 rings (SSSR count). The molecule has 0 aromatic heterocycles. The molecule has 1 fully saturated rings. The molecule has 4 heteroatoms. The van der Waals surface area contributed by atoms with Crippen molar-refractivity contribution in [3.8, 4) is 0 Å². The number of rotatable bonds is 3. The summed E-state index contributed by atoms with van der Waals surface area (Å²) < 4.78 is 18.3. The molecule has 16 heavy (non-hydrogen) atoms. The number of nitrogens with two attached hydrogens (primary N) is 2. The average Bonchev–Trinajstić information content (AvgIpc) is 2.21. The Morgan fingerprint density at radius 2 is 2.19 bits per heavy atom. The van der Waals surface area contributed by atoms with Crippen LogP contribution in [0.1, 0.15) is 17.2 Å². The number of ether oxygens (including phenoxy) is 1. The minimum Gasteiger partial charge on any atom is -0.380 e. The van der Waals surface area contributed by atoms with Crippen LogP contribution in [0, 0.1) is 18.2 Å². The first-order valence-electron chi connectivity index (χ1n) is 5.38. The van der Waals surface area contributed by atoms with Crippen molar-refractivity contribution in [3.05, 3.63) is 35.1 Å². The highest BCUT2D eigenvalue weighted by Crippen LogP contribution is 2.38. The predicted molar refractivity (Wildman–Crippen MR) is 60.4 cm³/mol. The molecule has 1 aromatic rings. The standard InChI is InChI=1S/C12H17FN2O/c1-8-4-9(2-3-10(8)13)11(15)12(5-14)6-16-7-12/h2-4,11H,5-7,14-15H2,1H3. The third-order valence-corrected chi connectivity index (χ3v) is 3.39. The maximum atomic E-state index is 13.1. The summed E-state index contributed by atoms with van der Waals surface area (Å²) in [4.78, 5) is 0. The highest BCUT2D eigenvalue weighted by atomic mass is 19.1. The van der Waals surface area contributed by atoms with Crippen molar-refractivity contribution in [1.82, 2.24) is 0 Å². The maximum absolute atomic E-state index is 13.1. The van der Waals surface area contributed by atoms with E-state index in [1.807, 2.05) is 0 Å². The summed E-state index contributed by atoms with van der Waals surface area (Å²) in [6.45, 7) is 3.39. The Balaban J connectivity index is 2.26. The summed E-state index contributed by atoms with van der Waals surface area (Å²) in [5.74, 6) is -0.206. The molecule has 1 unspecified atom stereocenters. The van der Waals surface area contributed by atoms with Crippen LogP contribution in [0.4, 0.5) is 4.39 Å². The maximum Gasteiger partial charge on any atom is 0.126 e. The fourth-order valence-electron chi connectivity index (χ4n) is 2.00. The van der Waals surface area contributed by atoms with E-state index in [1.54, 1.807) is 19.1 Å². The topological polar surface area (TPSA) is 61.3 Å². The Labute approximate surface area is 94.6 Å². The monoisotopic (exact) mass is 224 g/mol. The molecule has 88 valence electrons. The van der Waals surface area contributed by atoms with Crippen molar-refractivity contribution >= 4 is 0 Å². The van der Waals surface area contributed by atoms with Crippen LogP contribution >= 0.6 is 0 Å². The molecule has 0 radical (unpaired) electrons. The normalized spacial score (nSPS) is 20.2. The van der Waals surface area contributed by atoms with Gasteiger partial charge in [-0.3, -0.25) is 0 Å². The minimum atomic E-state index is -0.206. The first-order valence-corrected chi connectivity index (χ1v) is 5.38. The van der Waals surface area contributed by atoms with Gasteiger partial charge in [0.25, 0.3) is 0 Å². The molecule has 1 aliphatic heterocycles. The molecule has 3 nitrogen and oxygen atoms in total. The summed E-state index contributed by atoms with van der Waals surface area (Å²) in [5, 5.41) is 0. The van der Waals surface area contributed by atoms with Gasteiger partial charge in [0, 0.05) is 18.0 Å². The van der Waals surface area contributed by atoms with Crippen LogP contribution in [0.2, 0.25) is 0 Å². The number of benzene rings is 1. The van der Waals surface area contributed by atoms with Crippen molar-refractivity contribution in [2.45, 2.75) is 13.0 Å². The second kappa shape index (κ2) is 4.13. The number of hydrogen-bond acceptors (Lipinski definition) is 3. The number of hydrogen-bond donors (Lipinski definition) is 2. The lowest BCUT2D eigenvalue weighted by molar-refractivity contribution is -0.121. The zero-order valence-corrected chi connectivity index (χ0v) is 9.37. The van der Waals surface area contributed by atoms with Gasteiger partial charge in [-0.25, -0.2) is 4.39 Å². The Morgan fingerprint density at radius 1 is 1.50 bits per heavy atom. The van der Waals surface area contributed by atoms with E-state index in [0.717, 1.165) is 5.56 Å². The second-order valence-electron chi connectivity index (χ2n) is 4.55. The molecule has 0 bridgehead atoms. The molecule has 1 aliphatic rings. The third-order valence-electron chi connectivity index (χ3n) is 3.39. The molecule has 4 N–H and O–H groups in total. The number of halogens is 1. The van der Waals surface area contributed by atoms with Crippen LogP contribution in [0.15, 0.2) is 18.2 Å². The molecule has 0 amide bonds. The van der Waals surface area contributed by atoms with Gasteiger partial charge < -0.3 is 16.2 Å². The Hall–Kier alpha value is -0.970. The number of aryl methyl sites for hydroxylation is 1. The smallest absolute Gasteiger partial charge is 0.126 e. The van der Waals surface area contributed by atoms with Crippen LogP contribution in [0.3, 0.4) is 0 Å². The summed E-state index contributed by atoms with van der Waals surface area (Å²) in [6.07, 6.45) is 0. The lowest BCUT2D eigenvalue weighted by Crippen LogP contribution is -2.54. The van der Waals surface area contributed by atoms with Crippen LogP contribution in [0.25, 0.3) is 0 Å². The van der Waals surface area contributed by atoms with E-state index in [-0.39, 0.29) is 17.3 Å². The summed E-state index contributed by atoms with van der Waals surface area (Å²) in [7, 11) is 0. The zero-order chi connectivity index (χ0) is 11.8. The van der Waals surface area contributed by atoms with Gasteiger partial charge in [-0.1, -0.05) is 12.1 Å². The molecule has 1 aromatic carbocycles. The van der Waals surface area contributed by atoms with E-state index in [1.165, 1.54) is 6.07 Å². The summed E-state index contributed by atoms with van der Waals surface area (Å²) in [5.41, 5.74) is 13.3. The molecular weight excluding hydrogens is 207 g/mol. The molecule has 0 spiro atoms. The minimum absolute atomic E-state index is 0.176. The first kappa shape index (κ1) is 11.5. The van der Waals surface area contributed by atoms with Gasteiger partial charge >= 0.3 is 0 Å². The van der Waals surface area contributed by atoms with Gasteiger partial charge in [0.2, 0.25) is 0 Å². The first-order chi connectivity index (χ1) is 7.59. The van der Waals surface area contributed by atoms with Crippen molar-refractivity contribution < 1.29 is 9.13 Å². The Bertz CT molecular complexity index is 385. The highest BCUT2D eigenvalue weighted by Gasteiger charge is 2.43. The lowest BCUT2D eigenvalue weighted by atomic mass is 9.75. The van der Waals surface area contributed by atoms with E-state index in [9.17, 15) is 4.39 Å². The fraction of sp³-hybridized carbons (Fsp3) is 0.500. The predicted octanol–water partition coefficient (Wildman–Crippen LogP) is 1.11. The molecule has 0 saturated carbocycles. The largest absolute Gasteiger partial charge is 0.380 e. The van der Waals surface area contributed by atoms with Gasteiger partial charge in [-0.15, -0.1) is 0 Å². The van der Waals surface area contributed by atoms with Crippen molar-refractivity contribution in [2.75, 3.05) is 19.8 Å². The van der Waals surface area contributed by atoms with Crippen molar-refractivity contribution in [3.63, 3.8) is 0 Å². The molecule has 0 aliphatic carbocycles. The van der Waals surface area contributed by atoms with Crippen LogP contribution < -0.4 is 11.5 Å². The molecule has 1 heterocycles. The van der Waals surface area contributed by atoms with Crippen molar-refractivity contribution in [2.24, 2.45) is 16.9 Å². The van der Waals surface area contributed by atoms with Crippen LogP contribution in [0.5, 0.6) is 0 Å². The van der Waals surface area contributed by atoms with Gasteiger partial charge in [0.15, 0.2) is 0 Å². The Kier molecular flexibility index (Phi) is 2.97. The van der Waals surface area contributed by atoms with E-state index in [0.29, 0.717) is 25.3 Å². The van der Waals surface area contributed by atoms with Crippen LogP contribution in [-0.4, -0.2) is 19.8 Å². The van der Waals surface area contributed by atoms with Gasteiger partial charge in [-0.05, 0) is 24.1 Å². The Morgan fingerprint density at radius 3 is 2.62 bits per heavy atom. The average molecular weight is 224 g/mol. The summed E-state index contributed by atoms with van der Waals surface area (Å²) >= 11 is 0.